The minimum atomic E-state index is -1.08. The normalized spacial score (nSPS) is 23.8. The first-order chi connectivity index (χ1) is 10.4. The molecule has 0 bridgehead atoms. The van der Waals surface area contributed by atoms with Crippen molar-refractivity contribution in [3.05, 3.63) is 36.2 Å². The van der Waals surface area contributed by atoms with E-state index in [1.807, 2.05) is 0 Å². The van der Waals surface area contributed by atoms with Crippen LogP contribution in [0, 0.1) is 5.92 Å². The number of hydrogen-bond acceptors (Lipinski definition) is 4. The van der Waals surface area contributed by atoms with Gasteiger partial charge in [0.2, 0.25) is 5.88 Å². The third-order valence-corrected chi connectivity index (χ3v) is 3.71. The molecule has 0 aliphatic heterocycles. The molecule has 0 atom stereocenters. The maximum Gasteiger partial charge on any atom is 0.335 e. The van der Waals surface area contributed by atoms with Gasteiger partial charge in [0, 0.05) is 12.3 Å². The average molecular weight is 305 g/mol. The third kappa shape index (κ3) is 2.93. The SMILES string of the molecule is CC1(F)CC(COc2ccnn2-c2cc(C(=O)O)ccn2)C1. The highest BCUT2D eigenvalue weighted by molar-refractivity contribution is 5.87. The minimum Gasteiger partial charge on any atom is -0.478 e. The van der Waals surface area contributed by atoms with Gasteiger partial charge in [0.25, 0.3) is 0 Å². The monoisotopic (exact) mass is 305 g/mol. The van der Waals surface area contributed by atoms with E-state index in [1.54, 1.807) is 19.2 Å². The largest absolute Gasteiger partial charge is 0.478 e. The zero-order valence-corrected chi connectivity index (χ0v) is 12.1. The highest BCUT2D eigenvalue weighted by atomic mass is 19.1. The van der Waals surface area contributed by atoms with E-state index in [9.17, 15) is 9.18 Å². The molecule has 0 amide bonds. The van der Waals surface area contributed by atoms with E-state index in [2.05, 4.69) is 10.1 Å². The van der Waals surface area contributed by atoms with Gasteiger partial charge in [-0.05, 0) is 37.8 Å². The van der Waals surface area contributed by atoms with Crippen LogP contribution in [0.25, 0.3) is 5.82 Å². The summed E-state index contributed by atoms with van der Waals surface area (Å²) >= 11 is 0. The Labute approximate surface area is 126 Å². The van der Waals surface area contributed by atoms with Crippen molar-refractivity contribution in [2.45, 2.75) is 25.4 Å². The van der Waals surface area contributed by atoms with Crippen LogP contribution in [-0.4, -0.2) is 38.1 Å². The lowest BCUT2D eigenvalue weighted by Crippen LogP contribution is -2.39. The average Bonchev–Trinajstić information content (AvgIpc) is 2.91. The topological polar surface area (TPSA) is 77.2 Å². The molecule has 22 heavy (non-hydrogen) atoms. The molecule has 2 aromatic heterocycles. The first-order valence-electron chi connectivity index (χ1n) is 7.00. The molecule has 0 aromatic carbocycles. The molecular weight excluding hydrogens is 289 g/mol. The number of hydrogen-bond donors (Lipinski definition) is 1. The fourth-order valence-electron chi connectivity index (χ4n) is 2.70. The van der Waals surface area contributed by atoms with Crippen molar-refractivity contribution in [3.8, 4) is 11.7 Å². The predicted octanol–water partition coefficient (Wildman–Crippen LogP) is 2.48. The molecule has 0 unspecified atom stereocenters. The van der Waals surface area contributed by atoms with Gasteiger partial charge >= 0.3 is 5.97 Å². The lowest BCUT2D eigenvalue weighted by molar-refractivity contribution is 0.00117. The summed E-state index contributed by atoms with van der Waals surface area (Å²) in [6.07, 6.45) is 3.94. The van der Waals surface area contributed by atoms with Crippen molar-refractivity contribution in [1.82, 2.24) is 14.8 Å². The molecular formula is C15H16FN3O3. The van der Waals surface area contributed by atoms with Crippen molar-refractivity contribution in [1.29, 1.82) is 0 Å². The summed E-state index contributed by atoms with van der Waals surface area (Å²) in [4.78, 5) is 15.1. The number of nitrogens with zero attached hydrogens (tertiary/aromatic N) is 3. The Balaban J connectivity index is 1.72. The number of rotatable bonds is 5. The van der Waals surface area contributed by atoms with Gasteiger partial charge in [-0.2, -0.15) is 9.78 Å². The summed E-state index contributed by atoms with van der Waals surface area (Å²) in [5, 5.41) is 13.1. The first kappa shape index (κ1) is 14.5. The second-order valence-corrected chi connectivity index (χ2v) is 5.79. The van der Waals surface area contributed by atoms with Crippen LogP contribution in [0.2, 0.25) is 0 Å². The van der Waals surface area contributed by atoms with Crippen LogP contribution in [0.3, 0.4) is 0 Å². The Bertz CT molecular complexity index is 691. The smallest absolute Gasteiger partial charge is 0.335 e. The van der Waals surface area contributed by atoms with Crippen molar-refractivity contribution in [2.75, 3.05) is 6.61 Å². The van der Waals surface area contributed by atoms with Gasteiger partial charge in [-0.25, -0.2) is 14.2 Å². The van der Waals surface area contributed by atoms with Crippen LogP contribution in [0.1, 0.15) is 30.1 Å². The molecule has 0 radical (unpaired) electrons. The van der Waals surface area contributed by atoms with Gasteiger partial charge in [0.1, 0.15) is 5.67 Å². The lowest BCUT2D eigenvalue weighted by Gasteiger charge is -2.38. The fourth-order valence-corrected chi connectivity index (χ4v) is 2.70. The van der Waals surface area contributed by atoms with Crippen LogP contribution in [-0.2, 0) is 0 Å². The van der Waals surface area contributed by atoms with Crippen molar-refractivity contribution in [3.63, 3.8) is 0 Å². The van der Waals surface area contributed by atoms with Gasteiger partial charge in [-0.15, -0.1) is 0 Å². The summed E-state index contributed by atoms with van der Waals surface area (Å²) in [6, 6.07) is 4.50. The Hall–Kier alpha value is -2.44. The van der Waals surface area contributed by atoms with Crippen LogP contribution >= 0.6 is 0 Å². The summed E-state index contributed by atoms with van der Waals surface area (Å²) < 4.78 is 20.6. The van der Waals surface area contributed by atoms with Crippen LogP contribution in [0.5, 0.6) is 5.88 Å². The number of ether oxygens (including phenoxy) is 1. The van der Waals surface area contributed by atoms with Gasteiger partial charge in [-0.1, -0.05) is 0 Å². The molecule has 3 rings (SSSR count). The van der Waals surface area contributed by atoms with Crippen LogP contribution in [0.15, 0.2) is 30.6 Å². The fraction of sp³-hybridized carbons (Fsp3) is 0.400. The number of aromatic carboxylic acids is 1. The summed E-state index contributed by atoms with van der Waals surface area (Å²) in [7, 11) is 0. The highest BCUT2D eigenvalue weighted by Gasteiger charge is 2.40. The van der Waals surface area contributed by atoms with Gasteiger partial charge in [-0.3, -0.25) is 0 Å². The van der Waals surface area contributed by atoms with E-state index in [0.717, 1.165) is 0 Å². The number of halogens is 1. The molecule has 1 aliphatic rings. The standard InChI is InChI=1S/C15H16FN3O3/c1-15(16)7-10(8-15)9-22-13-3-5-18-19(13)12-6-11(14(20)21)2-4-17-12/h2-6,10H,7-9H2,1H3,(H,20,21). The van der Waals surface area contributed by atoms with Crippen molar-refractivity contribution in [2.24, 2.45) is 5.92 Å². The molecule has 1 fully saturated rings. The summed E-state index contributed by atoms with van der Waals surface area (Å²) in [5.74, 6) is -0.0158. The lowest BCUT2D eigenvalue weighted by atomic mass is 9.74. The van der Waals surface area contributed by atoms with E-state index in [0.29, 0.717) is 31.1 Å². The predicted molar refractivity (Wildman–Crippen MR) is 76.1 cm³/mol. The molecule has 6 nitrogen and oxygen atoms in total. The molecule has 1 N–H and O–H groups in total. The number of aromatic nitrogens is 3. The second kappa shape index (κ2) is 5.40. The first-order valence-corrected chi connectivity index (χ1v) is 7.00. The Morgan fingerprint density at radius 1 is 1.50 bits per heavy atom. The zero-order valence-electron chi connectivity index (χ0n) is 12.1. The quantitative estimate of drug-likeness (QED) is 0.918. The highest BCUT2D eigenvalue weighted by Crippen LogP contribution is 2.40. The van der Waals surface area contributed by atoms with Crippen LogP contribution < -0.4 is 4.74 Å². The van der Waals surface area contributed by atoms with E-state index in [1.165, 1.54) is 23.0 Å². The molecule has 116 valence electrons. The van der Waals surface area contributed by atoms with E-state index in [4.69, 9.17) is 9.84 Å². The van der Waals surface area contributed by atoms with E-state index >= 15 is 0 Å². The minimum absolute atomic E-state index is 0.124. The summed E-state index contributed by atoms with van der Waals surface area (Å²) in [6.45, 7) is 2.00. The number of carboxylic acids is 1. The maximum atomic E-state index is 13.4. The maximum absolute atomic E-state index is 13.4. The molecule has 1 aliphatic carbocycles. The second-order valence-electron chi connectivity index (χ2n) is 5.79. The molecule has 0 saturated heterocycles. The molecule has 2 heterocycles. The molecule has 7 heteroatoms. The number of alkyl halides is 1. The summed E-state index contributed by atoms with van der Waals surface area (Å²) in [5.41, 5.74) is -0.954. The number of carboxylic acid groups (broad SMARTS) is 1. The van der Waals surface area contributed by atoms with Gasteiger partial charge in [0.15, 0.2) is 5.82 Å². The van der Waals surface area contributed by atoms with Gasteiger partial charge in [0.05, 0.1) is 18.4 Å². The Morgan fingerprint density at radius 2 is 2.27 bits per heavy atom. The third-order valence-electron chi connectivity index (χ3n) is 3.71. The van der Waals surface area contributed by atoms with E-state index in [-0.39, 0.29) is 11.5 Å². The van der Waals surface area contributed by atoms with Crippen molar-refractivity contribution >= 4 is 5.97 Å². The van der Waals surface area contributed by atoms with Crippen LogP contribution in [0.4, 0.5) is 4.39 Å². The molecule has 1 saturated carbocycles. The molecule has 2 aromatic rings. The Kier molecular flexibility index (Phi) is 3.56. The number of carbonyl (C=O) groups is 1. The zero-order chi connectivity index (χ0) is 15.7. The van der Waals surface area contributed by atoms with E-state index < -0.39 is 11.6 Å². The Morgan fingerprint density at radius 3 is 2.95 bits per heavy atom. The van der Waals surface area contributed by atoms with Gasteiger partial charge < -0.3 is 9.84 Å². The molecule has 0 spiro atoms. The number of pyridine rings is 1. The van der Waals surface area contributed by atoms with Crippen molar-refractivity contribution < 1.29 is 19.0 Å².